The van der Waals surface area contributed by atoms with Crippen molar-refractivity contribution in [3.63, 3.8) is 0 Å². The van der Waals surface area contributed by atoms with Crippen LogP contribution in [0.2, 0.25) is 5.15 Å². The number of nitrogens with two attached hydrogens (primary N) is 1. The van der Waals surface area contributed by atoms with Crippen LogP contribution in [0, 0.1) is 13.8 Å². The van der Waals surface area contributed by atoms with Gasteiger partial charge in [0, 0.05) is 5.56 Å². The summed E-state index contributed by atoms with van der Waals surface area (Å²) in [4.78, 5) is 19.5. The van der Waals surface area contributed by atoms with Crippen molar-refractivity contribution in [1.82, 2.24) is 9.97 Å². The van der Waals surface area contributed by atoms with Crippen LogP contribution in [0.4, 0.5) is 0 Å². The normalized spacial score (nSPS) is 10.3. The third-order valence-corrected chi connectivity index (χ3v) is 2.88. The number of carbonyl (C=O) groups is 1. The van der Waals surface area contributed by atoms with Crippen LogP contribution in [0.15, 0.2) is 24.3 Å². The zero-order chi connectivity index (χ0) is 14.0. The molecular formula is C13H12ClN3O2. The van der Waals surface area contributed by atoms with Gasteiger partial charge in [-0.15, -0.1) is 0 Å². The Morgan fingerprint density at radius 2 is 1.95 bits per heavy atom. The monoisotopic (exact) mass is 277 g/mol. The molecule has 1 aromatic heterocycles. The number of para-hydroxylation sites is 1. The maximum Gasteiger partial charge on any atom is 0.252 e. The highest BCUT2D eigenvalue weighted by atomic mass is 35.5. The highest BCUT2D eigenvalue weighted by Gasteiger charge is 2.13. The van der Waals surface area contributed by atoms with E-state index in [0.717, 1.165) is 0 Å². The van der Waals surface area contributed by atoms with Crippen LogP contribution in [0.3, 0.4) is 0 Å². The second-order valence-electron chi connectivity index (χ2n) is 3.95. The molecule has 0 atom stereocenters. The lowest BCUT2D eigenvalue weighted by Crippen LogP contribution is -2.12. The van der Waals surface area contributed by atoms with Crippen LogP contribution in [0.5, 0.6) is 11.6 Å². The molecule has 0 radical (unpaired) electrons. The van der Waals surface area contributed by atoms with E-state index in [0.29, 0.717) is 28.2 Å². The fourth-order valence-corrected chi connectivity index (χ4v) is 1.74. The van der Waals surface area contributed by atoms with Gasteiger partial charge in [0.05, 0.1) is 5.56 Å². The van der Waals surface area contributed by atoms with E-state index in [9.17, 15) is 4.79 Å². The molecule has 0 aliphatic rings. The van der Waals surface area contributed by atoms with E-state index in [1.807, 2.05) is 0 Å². The quantitative estimate of drug-likeness (QED) is 0.875. The Balaban J connectivity index is 2.45. The van der Waals surface area contributed by atoms with Gasteiger partial charge in [0.2, 0.25) is 5.88 Å². The number of halogens is 1. The first-order valence-electron chi connectivity index (χ1n) is 5.56. The Hall–Kier alpha value is -2.14. The van der Waals surface area contributed by atoms with Gasteiger partial charge >= 0.3 is 0 Å². The second-order valence-corrected chi connectivity index (χ2v) is 4.31. The molecule has 0 aliphatic carbocycles. The number of rotatable bonds is 3. The number of ether oxygens (including phenoxy) is 1. The summed E-state index contributed by atoms with van der Waals surface area (Å²) in [6, 6.07) is 6.68. The summed E-state index contributed by atoms with van der Waals surface area (Å²) in [6.45, 7) is 3.45. The first-order valence-corrected chi connectivity index (χ1v) is 5.94. The Morgan fingerprint density at radius 3 is 2.63 bits per heavy atom. The fourth-order valence-electron chi connectivity index (χ4n) is 1.53. The second kappa shape index (κ2) is 5.24. The van der Waals surface area contributed by atoms with Gasteiger partial charge < -0.3 is 10.5 Å². The first-order chi connectivity index (χ1) is 8.99. The average molecular weight is 278 g/mol. The van der Waals surface area contributed by atoms with Crippen molar-refractivity contribution in [3.05, 3.63) is 46.4 Å². The zero-order valence-electron chi connectivity index (χ0n) is 10.5. The van der Waals surface area contributed by atoms with Crippen LogP contribution >= 0.6 is 11.6 Å². The van der Waals surface area contributed by atoms with E-state index in [4.69, 9.17) is 22.1 Å². The maximum atomic E-state index is 11.3. The Bertz CT molecular complexity index is 644. The smallest absolute Gasteiger partial charge is 0.252 e. The molecule has 0 saturated carbocycles. The predicted molar refractivity (Wildman–Crippen MR) is 71.5 cm³/mol. The third kappa shape index (κ3) is 2.82. The standard InChI is InChI=1S/C13H12ClN3O2/c1-7-11(14)16-8(2)17-13(7)19-10-6-4-3-5-9(10)12(15)18/h3-6H,1-2H3,(H2,15,18). The molecule has 1 heterocycles. The van der Waals surface area contributed by atoms with Gasteiger partial charge in [0.15, 0.2) is 0 Å². The third-order valence-electron chi connectivity index (χ3n) is 2.51. The molecule has 6 heteroatoms. The minimum Gasteiger partial charge on any atom is -0.438 e. The number of benzene rings is 1. The molecule has 0 spiro atoms. The van der Waals surface area contributed by atoms with Gasteiger partial charge in [0.25, 0.3) is 5.91 Å². The van der Waals surface area contributed by atoms with Crippen molar-refractivity contribution in [2.45, 2.75) is 13.8 Å². The van der Waals surface area contributed by atoms with Gasteiger partial charge in [-0.1, -0.05) is 23.7 Å². The fraction of sp³-hybridized carbons (Fsp3) is 0.154. The van der Waals surface area contributed by atoms with Gasteiger partial charge in [-0.2, -0.15) is 4.98 Å². The number of aromatic nitrogens is 2. The number of amides is 1. The Morgan fingerprint density at radius 1 is 1.26 bits per heavy atom. The summed E-state index contributed by atoms with van der Waals surface area (Å²) in [5, 5.41) is 0.319. The number of hydrogen-bond acceptors (Lipinski definition) is 4. The summed E-state index contributed by atoms with van der Waals surface area (Å²) in [7, 11) is 0. The number of primary amides is 1. The minimum atomic E-state index is -0.565. The topological polar surface area (TPSA) is 78.1 Å². The molecule has 0 fully saturated rings. The van der Waals surface area contributed by atoms with Crippen molar-refractivity contribution in [2.75, 3.05) is 0 Å². The molecule has 0 aliphatic heterocycles. The molecule has 2 aromatic rings. The van der Waals surface area contributed by atoms with Gasteiger partial charge in [-0.3, -0.25) is 4.79 Å². The largest absolute Gasteiger partial charge is 0.438 e. The van der Waals surface area contributed by atoms with Crippen LogP contribution in [0.1, 0.15) is 21.7 Å². The van der Waals surface area contributed by atoms with E-state index < -0.39 is 5.91 Å². The lowest BCUT2D eigenvalue weighted by Gasteiger charge is -2.11. The molecule has 1 aromatic carbocycles. The summed E-state index contributed by atoms with van der Waals surface area (Å²) in [6.07, 6.45) is 0. The highest BCUT2D eigenvalue weighted by molar-refractivity contribution is 6.30. The van der Waals surface area contributed by atoms with Crippen molar-refractivity contribution < 1.29 is 9.53 Å². The summed E-state index contributed by atoms with van der Waals surface area (Å²) in [5.74, 6) is 0.575. The Kier molecular flexibility index (Phi) is 3.66. The molecule has 5 nitrogen and oxygen atoms in total. The number of hydrogen-bond donors (Lipinski definition) is 1. The van der Waals surface area contributed by atoms with Crippen LogP contribution in [-0.2, 0) is 0 Å². The Labute approximate surface area is 115 Å². The van der Waals surface area contributed by atoms with Crippen molar-refractivity contribution in [2.24, 2.45) is 5.73 Å². The van der Waals surface area contributed by atoms with E-state index in [1.165, 1.54) is 0 Å². The molecule has 2 rings (SSSR count). The summed E-state index contributed by atoms with van der Waals surface area (Å²) >= 11 is 5.96. The van der Waals surface area contributed by atoms with Crippen molar-refractivity contribution in [1.29, 1.82) is 0 Å². The first kappa shape index (κ1) is 13.3. The lowest BCUT2D eigenvalue weighted by atomic mass is 10.2. The van der Waals surface area contributed by atoms with E-state index >= 15 is 0 Å². The lowest BCUT2D eigenvalue weighted by molar-refractivity contribution is 0.0998. The van der Waals surface area contributed by atoms with Crippen LogP contribution in [0.25, 0.3) is 0 Å². The van der Waals surface area contributed by atoms with E-state index in [-0.39, 0.29) is 5.56 Å². The zero-order valence-corrected chi connectivity index (χ0v) is 11.2. The van der Waals surface area contributed by atoms with Gasteiger partial charge in [0.1, 0.15) is 16.7 Å². The molecule has 19 heavy (non-hydrogen) atoms. The summed E-state index contributed by atoms with van der Waals surface area (Å²) < 4.78 is 5.63. The SMILES string of the molecule is Cc1nc(Cl)c(C)c(Oc2ccccc2C(N)=O)n1. The number of nitrogens with zero attached hydrogens (tertiary/aromatic N) is 2. The number of carbonyl (C=O) groups excluding carboxylic acids is 1. The van der Waals surface area contributed by atoms with Gasteiger partial charge in [-0.25, -0.2) is 4.98 Å². The summed E-state index contributed by atoms with van der Waals surface area (Å²) in [5.41, 5.74) is 6.18. The van der Waals surface area contributed by atoms with Crippen molar-refractivity contribution in [3.8, 4) is 11.6 Å². The molecule has 98 valence electrons. The van der Waals surface area contributed by atoms with Crippen LogP contribution < -0.4 is 10.5 Å². The molecule has 1 amide bonds. The molecule has 0 unspecified atom stereocenters. The molecule has 0 saturated heterocycles. The molecular weight excluding hydrogens is 266 g/mol. The molecule has 0 bridgehead atoms. The average Bonchev–Trinajstić information content (AvgIpc) is 2.35. The van der Waals surface area contributed by atoms with Crippen LogP contribution in [-0.4, -0.2) is 15.9 Å². The number of aryl methyl sites for hydroxylation is 1. The van der Waals surface area contributed by atoms with E-state index in [2.05, 4.69) is 9.97 Å². The molecule has 2 N–H and O–H groups in total. The van der Waals surface area contributed by atoms with Crippen molar-refractivity contribution >= 4 is 17.5 Å². The van der Waals surface area contributed by atoms with Gasteiger partial charge in [-0.05, 0) is 26.0 Å². The minimum absolute atomic E-state index is 0.286. The maximum absolute atomic E-state index is 11.3. The highest BCUT2D eigenvalue weighted by Crippen LogP contribution is 2.28. The predicted octanol–water partition coefficient (Wildman–Crippen LogP) is 2.64. The van der Waals surface area contributed by atoms with E-state index in [1.54, 1.807) is 38.1 Å².